The van der Waals surface area contributed by atoms with Crippen molar-refractivity contribution < 1.29 is 14.3 Å². The van der Waals surface area contributed by atoms with Gasteiger partial charge in [-0.15, -0.1) is 23.5 Å². The molecule has 0 unspecified atom stereocenters. The van der Waals surface area contributed by atoms with Crippen molar-refractivity contribution in [3.8, 4) is 0 Å². The summed E-state index contributed by atoms with van der Waals surface area (Å²) in [6, 6.07) is 10.3. The second kappa shape index (κ2) is 9.02. The van der Waals surface area contributed by atoms with Crippen molar-refractivity contribution in [1.29, 1.82) is 0 Å². The van der Waals surface area contributed by atoms with Gasteiger partial charge in [-0.05, 0) is 48.0 Å². The maximum Gasteiger partial charge on any atom is 0.192 e. The Balaban J connectivity index is 1.83. The highest BCUT2D eigenvalue weighted by Gasteiger charge is 2.57. The molecule has 28 heavy (non-hydrogen) atoms. The van der Waals surface area contributed by atoms with Gasteiger partial charge in [0, 0.05) is 5.92 Å². The molecule has 1 aromatic carbocycles. The number of hydrogen-bond acceptors (Lipinski definition) is 5. The fraction of sp³-hybridized carbons (Fsp3) is 0.727. The monoisotopic (exact) mass is 440 g/mol. The minimum atomic E-state index is -1.92. The molecule has 3 rings (SSSR count). The molecule has 1 spiro atoms. The molecule has 0 amide bonds. The molecule has 2 aliphatic rings. The SMILES string of the molecule is CC(C)(C)[Si](C)(C)O[C@H]1CC2(SCCCS2)[C@H](CO)[C@@H]1OCc1ccccc1. The van der Waals surface area contributed by atoms with Crippen LogP contribution in [0.15, 0.2) is 30.3 Å². The van der Waals surface area contributed by atoms with Gasteiger partial charge in [-0.1, -0.05) is 51.1 Å². The van der Waals surface area contributed by atoms with E-state index in [2.05, 4.69) is 58.1 Å². The van der Waals surface area contributed by atoms with Crippen LogP contribution in [-0.2, 0) is 15.8 Å². The minimum absolute atomic E-state index is 0.0292. The second-order valence-corrected chi connectivity index (χ2v) is 17.4. The van der Waals surface area contributed by atoms with Crippen LogP contribution in [0.25, 0.3) is 0 Å². The van der Waals surface area contributed by atoms with E-state index in [1.807, 2.05) is 29.6 Å². The molecular formula is C22H36O3S2Si. The highest BCUT2D eigenvalue weighted by molar-refractivity contribution is 8.18. The van der Waals surface area contributed by atoms with Crippen LogP contribution in [0.5, 0.6) is 0 Å². The van der Waals surface area contributed by atoms with Crippen molar-refractivity contribution in [2.24, 2.45) is 5.92 Å². The number of aliphatic hydroxyl groups excluding tert-OH is 1. The Kier molecular flexibility index (Phi) is 7.31. The summed E-state index contributed by atoms with van der Waals surface area (Å²) in [6.45, 7) is 12.2. The van der Waals surface area contributed by atoms with Crippen LogP contribution in [0.4, 0.5) is 0 Å². The highest BCUT2D eigenvalue weighted by Crippen LogP contribution is 2.58. The van der Waals surface area contributed by atoms with E-state index in [1.165, 1.54) is 23.5 Å². The van der Waals surface area contributed by atoms with E-state index in [9.17, 15) is 5.11 Å². The Labute approximate surface area is 180 Å². The molecule has 2 fully saturated rings. The van der Waals surface area contributed by atoms with Gasteiger partial charge in [0.25, 0.3) is 0 Å². The third-order valence-corrected chi connectivity index (χ3v) is 14.6. The van der Waals surface area contributed by atoms with Gasteiger partial charge in [0.2, 0.25) is 0 Å². The molecule has 158 valence electrons. The summed E-state index contributed by atoms with van der Waals surface area (Å²) in [4.78, 5) is 0. The Morgan fingerprint density at radius 2 is 1.79 bits per heavy atom. The zero-order valence-electron chi connectivity index (χ0n) is 17.9. The zero-order chi connectivity index (χ0) is 20.4. The molecule has 0 aromatic heterocycles. The van der Waals surface area contributed by atoms with Crippen LogP contribution in [0.2, 0.25) is 18.1 Å². The molecule has 1 N–H and O–H groups in total. The van der Waals surface area contributed by atoms with Crippen molar-refractivity contribution in [3.63, 3.8) is 0 Å². The largest absolute Gasteiger partial charge is 0.411 e. The lowest BCUT2D eigenvalue weighted by Crippen LogP contribution is -2.47. The maximum atomic E-state index is 10.4. The first-order valence-electron chi connectivity index (χ1n) is 10.4. The van der Waals surface area contributed by atoms with E-state index in [0.29, 0.717) is 6.61 Å². The molecule has 1 saturated heterocycles. The average molecular weight is 441 g/mol. The molecule has 1 saturated carbocycles. The summed E-state index contributed by atoms with van der Waals surface area (Å²) in [5.41, 5.74) is 1.18. The highest BCUT2D eigenvalue weighted by atomic mass is 32.2. The molecule has 3 nitrogen and oxygen atoms in total. The lowest BCUT2D eigenvalue weighted by atomic mass is 10.1. The number of benzene rings is 1. The summed E-state index contributed by atoms with van der Waals surface area (Å²) in [5.74, 6) is 2.45. The summed E-state index contributed by atoms with van der Waals surface area (Å²) in [7, 11) is -1.92. The number of thioether (sulfide) groups is 2. The standard InChI is InChI=1S/C22H36O3S2Si/c1-21(2,3)28(4,5)25-19-14-22(26-12-9-13-27-22)18(15-23)20(19)24-16-17-10-7-6-8-11-17/h6-8,10-11,18-20,23H,9,12-16H2,1-5H3/t18-,19+,20+/m1/s1. The average Bonchev–Trinajstić information content (AvgIpc) is 2.91. The van der Waals surface area contributed by atoms with Crippen molar-refractivity contribution in [3.05, 3.63) is 35.9 Å². The van der Waals surface area contributed by atoms with Gasteiger partial charge in [0.1, 0.15) is 0 Å². The van der Waals surface area contributed by atoms with E-state index in [1.54, 1.807) is 0 Å². The molecule has 1 aromatic rings. The Bertz CT molecular complexity index is 626. The lowest BCUT2D eigenvalue weighted by Gasteiger charge is -2.40. The predicted octanol–water partition coefficient (Wildman–Crippen LogP) is 5.54. The molecule has 1 heterocycles. The van der Waals surface area contributed by atoms with E-state index < -0.39 is 8.32 Å². The van der Waals surface area contributed by atoms with E-state index in [4.69, 9.17) is 9.16 Å². The molecule has 6 heteroatoms. The van der Waals surface area contributed by atoms with Crippen molar-refractivity contribution in [2.75, 3.05) is 18.1 Å². The number of ether oxygens (including phenoxy) is 1. The van der Waals surface area contributed by atoms with Crippen molar-refractivity contribution in [2.45, 2.75) is 74.6 Å². The molecule has 0 radical (unpaired) electrons. The summed E-state index contributed by atoms with van der Waals surface area (Å²) in [5, 5.41) is 10.5. The number of hydrogen-bond donors (Lipinski definition) is 1. The molecule has 1 aliphatic carbocycles. The second-order valence-electron chi connectivity index (χ2n) is 9.53. The van der Waals surface area contributed by atoms with Crippen LogP contribution < -0.4 is 0 Å². The fourth-order valence-corrected chi connectivity index (χ4v) is 8.90. The first-order valence-corrected chi connectivity index (χ1v) is 15.3. The van der Waals surface area contributed by atoms with Gasteiger partial charge in [-0.25, -0.2) is 0 Å². The normalized spacial score (nSPS) is 28.0. The zero-order valence-corrected chi connectivity index (χ0v) is 20.6. The van der Waals surface area contributed by atoms with E-state index in [0.717, 1.165) is 6.42 Å². The van der Waals surface area contributed by atoms with Crippen LogP contribution in [0.1, 0.15) is 39.2 Å². The van der Waals surface area contributed by atoms with Gasteiger partial charge >= 0.3 is 0 Å². The summed E-state index contributed by atoms with van der Waals surface area (Å²) in [6.07, 6.45) is 2.22. The van der Waals surface area contributed by atoms with Gasteiger partial charge in [-0.2, -0.15) is 0 Å². The molecule has 1 aliphatic heterocycles. The van der Waals surface area contributed by atoms with Crippen LogP contribution >= 0.6 is 23.5 Å². The van der Waals surface area contributed by atoms with Crippen LogP contribution in [0, 0.1) is 5.92 Å². The van der Waals surface area contributed by atoms with Gasteiger partial charge in [0.15, 0.2) is 8.32 Å². The van der Waals surface area contributed by atoms with Gasteiger partial charge < -0.3 is 14.3 Å². The van der Waals surface area contributed by atoms with Crippen molar-refractivity contribution in [1.82, 2.24) is 0 Å². The van der Waals surface area contributed by atoms with Crippen LogP contribution in [0.3, 0.4) is 0 Å². The lowest BCUT2D eigenvalue weighted by molar-refractivity contribution is -0.0532. The van der Waals surface area contributed by atoms with E-state index >= 15 is 0 Å². The number of rotatable bonds is 6. The third kappa shape index (κ3) is 4.84. The Morgan fingerprint density at radius 1 is 1.14 bits per heavy atom. The fourth-order valence-electron chi connectivity index (χ4n) is 3.88. The Hall–Kier alpha value is 0.0169. The maximum absolute atomic E-state index is 10.4. The summed E-state index contributed by atoms with van der Waals surface area (Å²) < 4.78 is 13.4. The smallest absolute Gasteiger partial charge is 0.192 e. The predicted molar refractivity (Wildman–Crippen MR) is 125 cm³/mol. The van der Waals surface area contributed by atoms with Crippen molar-refractivity contribution >= 4 is 31.8 Å². The minimum Gasteiger partial charge on any atom is -0.411 e. The summed E-state index contributed by atoms with van der Waals surface area (Å²) >= 11 is 4.05. The molecule has 3 atom stereocenters. The van der Waals surface area contributed by atoms with E-state index in [-0.39, 0.29) is 33.9 Å². The Morgan fingerprint density at radius 3 is 2.36 bits per heavy atom. The number of aliphatic hydroxyl groups is 1. The first-order chi connectivity index (χ1) is 13.2. The molecule has 0 bridgehead atoms. The topological polar surface area (TPSA) is 38.7 Å². The molecular weight excluding hydrogens is 404 g/mol. The quantitative estimate of drug-likeness (QED) is 0.588. The van der Waals surface area contributed by atoms with Gasteiger partial charge in [0.05, 0.1) is 29.5 Å². The van der Waals surface area contributed by atoms with Crippen LogP contribution in [-0.4, -0.2) is 47.8 Å². The van der Waals surface area contributed by atoms with Gasteiger partial charge in [-0.3, -0.25) is 0 Å². The third-order valence-electron chi connectivity index (χ3n) is 6.53. The first kappa shape index (κ1) is 22.7.